The van der Waals surface area contributed by atoms with E-state index in [9.17, 15) is 4.79 Å². The minimum atomic E-state index is -0.972. The Morgan fingerprint density at radius 3 is 1.81 bits per heavy atom. The van der Waals surface area contributed by atoms with E-state index in [1.807, 2.05) is 78.9 Å². The van der Waals surface area contributed by atoms with Gasteiger partial charge in [0.15, 0.2) is 6.10 Å². The van der Waals surface area contributed by atoms with Crippen LogP contribution in [0.4, 0.5) is 0 Å². The third-order valence-electron chi connectivity index (χ3n) is 4.78. The molecule has 0 bridgehead atoms. The van der Waals surface area contributed by atoms with E-state index >= 15 is 0 Å². The van der Waals surface area contributed by atoms with E-state index in [-0.39, 0.29) is 5.92 Å². The highest BCUT2D eigenvalue weighted by Crippen LogP contribution is 2.24. The van der Waals surface area contributed by atoms with Crippen LogP contribution in [0.1, 0.15) is 12.5 Å². The number of rotatable bonds is 12. The van der Waals surface area contributed by atoms with Crippen molar-refractivity contribution in [2.45, 2.75) is 19.4 Å². The van der Waals surface area contributed by atoms with Gasteiger partial charge in [0.25, 0.3) is 0 Å². The first-order valence-corrected chi connectivity index (χ1v) is 10.5. The van der Waals surface area contributed by atoms with Gasteiger partial charge < -0.3 is 24.1 Å². The van der Waals surface area contributed by atoms with Gasteiger partial charge in [-0.05, 0) is 54.1 Å². The molecule has 0 unspecified atom stereocenters. The Bertz CT molecular complexity index is 954. The van der Waals surface area contributed by atoms with Crippen LogP contribution in [0, 0.1) is 5.92 Å². The summed E-state index contributed by atoms with van der Waals surface area (Å²) in [4.78, 5) is 11.1. The van der Waals surface area contributed by atoms with Crippen LogP contribution in [-0.2, 0) is 16.0 Å². The second kappa shape index (κ2) is 11.8. The van der Waals surface area contributed by atoms with Gasteiger partial charge in [-0.15, -0.1) is 0 Å². The number of ether oxygens (including phenoxy) is 4. The minimum Gasteiger partial charge on any atom is -0.493 e. The molecule has 0 aliphatic heterocycles. The molecule has 3 rings (SSSR count). The number of hydrogen-bond donors (Lipinski definition) is 1. The summed E-state index contributed by atoms with van der Waals surface area (Å²) in [6, 6.07) is 24.5. The maximum atomic E-state index is 11.1. The molecule has 2 atom stereocenters. The van der Waals surface area contributed by atoms with Crippen molar-refractivity contribution in [3.05, 3.63) is 84.4 Å². The van der Waals surface area contributed by atoms with E-state index in [0.29, 0.717) is 19.6 Å². The molecule has 3 aromatic carbocycles. The maximum absolute atomic E-state index is 11.1. The molecule has 0 heterocycles. The number of methoxy groups -OCH3 is 1. The van der Waals surface area contributed by atoms with Gasteiger partial charge in [-0.1, -0.05) is 37.3 Å². The lowest BCUT2D eigenvalue weighted by Crippen LogP contribution is -2.24. The fourth-order valence-corrected chi connectivity index (χ4v) is 2.96. The molecule has 0 aromatic heterocycles. The Labute approximate surface area is 188 Å². The van der Waals surface area contributed by atoms with E-state index in [4.69, 9.17) is 24.1 Å². The zero-order chi connectivity index (χ0) is 22.8. The lowest BCUT2D eigenvalue weighted by Gasteiger charge is -2.15. The van der Waals surface area contributed by atoms with Crippen molar-refractivity contribution in [1.29, 1.82) is 0 Å². The first-order chi connectivity index (χ1) is 15.5. The van der Waals surface area contributed by atoms with Gasteiger partial charge in [0.05, 0.1) is 13.2 Å². The molecule has 0 radical (unpaired) electrons. The van der Waals surface area contributed by atoms with Gasteiger partial charge in [-0.3, -0.25) is 0 Å². The van der Waals surface area contributed by atoms with E-state index in [1.54, 1.807) is 0 Å². The fourth-order valence-electron chi connectivity index (χ4n) is 2.96. The van der Waals surface area contributed by atoms with Crippen LogP contribution in [0.3, 0.4) is 0 Å². The summed E-state index contributed by atoms with van der Waals surface area (Å²) in [5, 5.41) is 9.07. The largest absolute Gasteiger partial charge is 0.493 e. The van der Waals surface area contributed by atoms with E-state index in [0.717, 1.165) is 28.6 Å². The molecule has 168 valence electrons. The van der Waals surface area contributed by atoms with Crippen LogP contribution in [-0.4, -0.2) is 37.5 Å². The first kappa shape index (κ1) is 23.2. The smallest absolute Gasteiger partial charge is 0.333 e. The van der Waals surface area contributed by atoms with Crippen LogP contribution in [0.2, 0.25) is 0 Å². The Morgan fingerprint density at radius 2 is 1.28 bits per heavy atom. The molecular weight excluding hydrogens is 408 g/mol. The summed E-state index contributed by atoms with van der Waals surface area (Å²) >= 11 is 0. The van der Waals surface area contributed by atoms with Gasteiger partial charge in [0, 0.05) is 19.4 Å². The first-order valence-electron chi connectivity index (χ1n) is 10.5. The van der Waals surface area contributed by atoms with Gasteiger partial charge in [-0.2, -0.15) is 0 Å². The predicted octanol–water partition coefficient (Wildman–Crippen LogP) is 5.21. The zero-order valence-corrected chi connectivity index (χ0v) is 18.3. The molecule has 3 aromatic rings. The summed E-state index contributed by atoms with van der Waals surface area (Å²) in [6.07, 6.45) is -0.538. The van der Waals surface area contributed by atoms with Crippen LogP contribution in [0.5, 0.6) is 23.0 Å². The SMILES string of the molecule is CO[C@@H](Cc1ccc(OC[C@H](C)COc2ccc(Oc3ccccc3)cc2)cc1)C(=O)O. The van der Waals surface area contributed by atoms with Crippen molar-refractivity contribution in [2.24, 2.45) is 5.92 Å². The highest BCUT2D eigenvalue weighted by atomic mass is 16.5. The van der Waals surface area contributed by atoms with Crippen LogP contribution < -0.4 is 14.2 Å². The van der Waals surface area contributed by atoms with Crippen molar-refractivity contribution in [1.82, 2.24) is 0 Å². The zero-order valence-electron chi connectivity index (χ0n) is 18.3. The van der Waals surface area contributed by atoms with Gasteiger partial charge in [0.1, 0.15) is 23.0 Å². The standard InChI is InChI=1S/C26H28O6/c1-19(17-30-21-10-8-20(9-11-21)16-25(29-2)26(27)28)18-31-22-12-14-24(15-13-22)32-23-6-4-3-5-7-23/h3-15,19,25H,16-18H2,1-2H3,(H,27,28)/t19-,25-/m0/s1. The van der Waals surface area contributed by atoms with Crippen LogP contribution in [0.15, 0.2) is 78.9 Å². The van der Waals surface area contributed by atoms with Crippen molar-refractivity contribution >= 4 is 5.97 Å². The Morgan fingerprint density at radius 1 is 0.781 bits per heavy atom. The number of benzene rings is 3. The maximum Gasteiger partial charge on any atom is 0.333 e. The average Bonchev–Trinajstić information content (AvgIpc) is 2.82. The van der Waals surface area contributed by atoms with E-state index in [1.165, 1.54) is 7.11 Å². The summed E-state index contributed by atoms with van der Waals surface area (Å²) in [6.45, 7) is 3.08. The molecule has 6 nitrogen and oxygen atoms in total. The van der Waals surface area contributed by atoms with Gasteiger partial charge in [-0.25, -0.2) is 4.79 Å². The third kappa shape index (κ3) is 7.32. The molecule has 0 aliphatic carbocycles. The normalized spacial score (nSPS) is 12.6. The van der Waals surface area contributed by atoms with Gasteiger partial charge >= 0.3 is 5.97 Å². The van der Waals surface area contributed by atoms with E-state index < -0.39 is 12.1 Å². The van der Waals surface area contributed by atoms with Crippen molar-refractivity contribution < 1.29 is 28.8 Å². The summed E-state index contributed by atoms with van der Waals surface area (Å²) in [5.74, 6) is 2.25. The lowest BCUT2D eigenvalue weighted by atomic mass is 10.1. The number of aliphatic carboxylic acids is 1. The lowest BCUT2D eigenvalue weighted by molar-refractivity contribution is -0.148. The molecule has 0 fully saturated rings. The fraction of sp³-hybridized carbons (Fsp3) is 0.269. The van der Waals surface area contributed by atoms with Crippen molar-refractivity contribution in [3.8, 4) is 23.0 Å². The third-order valence-corrected chi connectivity index (χ3v) is 4.78. The Balaban J connectivity index is 1.40. The number of hydrogen-bond acceptors (Lipinski definition) is 5. The molecule has 0 saturated heterocycles. The summed E-state index contributed by atoms with van der Waals surface area (Å²) in [7, 11) is 1.40. The Hall–Kier alpha value is -3.51. The van der Waals surface area contributed by atoms with Crippen molar-refractivity contribution in [2.75, 3.05) is 20.3 Å². The van der Waals surface area contributed by atoms with Crippen molar-refractivity contribution in [3.63, 3.8) is 0 Å². The average molecular weight is 437 g/mol. The molecular formula is C26H28O6. The molecule has 32 heavy (non-hydrogen) atoms. The minimum absolute atomic E-state index is 0.180. The Kier molecular flexibility index (Phi) is 8.52. The molecule has 1 N–H and O–H groups in total. The second-order valence-corrected chi connectivity index (χ2v) is 7.52. The molecule has 0 spiro atoms. The van der Waals surface area contributed by atoms with Gasteiger partial charge in [0.2, 0.25) is 0 Å². The molecule has 0 amide bonds. The number of carboxylic acid groups (broad SMARTS) is 1. The second-order valence-electron chi connectivity index (χ2n) is 7.52. The number of para-hydroxylation sites is 1. The molecule has 0 saturated carbocycles. The van der Waals surface area contributed by atoms with Crippen LogP contribution >= 0.6 is 0 Å². The van der Waals surface area contributed by atoms with E-state index in [2.05, 4.69) is 6.92 Å². The molecule has 0 aliphatic rings. The van der Waals surface area contributed by atoms with Crippen LogP contribution in [0.25, 0.3) is 0 Å². The summed E-state index contributed by atoms with van der Waals surface area (Å²) < 4.78 is 22.4. The highest BCUT2D eigenvalue weighted by Gasteiger charge is 2.16. The number of carboxylic acids is 1. The topological polar surface area (TPSA) is 74.2 Å². The molecule has 6 heteroatoms. The number of carbonyl (C=O) groups is 1. The predicted molar refractivity (Wildman–Crippen MR) is 122 cm³/mol. The quantitative estimate of drug-likeness (QED) is 0.420. The monoisotopic (exact) mass is 436 g/mol. The summed E-state index contributed by atoms with van der Waals surface area (Å²) in [5.41, 5.74) is 0.877. The highest BCUT2D eigenvalue weighted by molar-refractivity contribution is 5.72.